The molecule has 0 aliphatic rings. The summed E-state index contributed by atoms with van der Waals surface area (Å²) < 4.78 is 0. The second kappa shape index (κ2) is 5.61. The highest BCUT2D eigenvalue weighted by molar-refractivity contribution is 5.45. The Hall–Kier alpha value is -1.22. The zero-order valence-electron chi connectivity index (χ0n) is 9.40. The van der Waals surface area contributed by atoms with Crippen molar-refractivity contribution in [2.45, 2.75) is 13.8 Å². The Morgan fingerprint density at radius 1 is 1.27 bits per heavy atom. The summed E-state index contributed by atoms with van der Waals surface area (Å²) in [6.45, 7) is 5.92. The average Bonchev–Trinajstić information content (AvgIpc) is 2.21. The third kappa shape index (κ3) is 3.80. The minimum Gasteiger partial charge on any atom is -0.508 e. The predicted octanol–water partition coefficient (Wildman–Crippen LogP) is 2.03. The first-order valence-electron chi connectivity index (χ1n) is 5.36. The van der Waals surface area contributed by atoms with E-state index in [0.717, 1.165) is 12.2 Å². The molecule has 0 saturated carbocycles. The molecule has 0 radical (unpaired) electrons. The van der Waals surface area contributed by atoms with Crippen molar-refractivity contribution in [2.75, 3.05) is 18.4 Å². The lowest BCUT2D eigenvalue weighted by Crippen LogP contribution is -2.27. The van der Waals surface area contributed by atoms with E-state index in [9.17, 15) is 0 Å². The first kappa shape index (κ1) is 11.9. The molecule has 3 heteroatoms. The van der Waals surface area contributed by atoms with Crippen molar-refractivity contribution < 1.29 is 5.11 Å². The van der Waals surface area contributed by atoms with E-state index in [1.165, 1.54) is 0 Å². The van der Waals surface area contributed by atoms with Crippen molar-refractivity contribution in [3.63, 3.8) is 0 Å². The zero-order valence-corrected chi connectivity index (χ0v) is 9.40. The van der Waals surface area contributed by atoms with Crippen LogP contribution in [0.3, 0.4) is 0 Å². The van der Waals surface area contributed by atoms with Crippen molar-refractivity contribution in [1.82, 2.24) is 0 Å². The molecule has 0 spiro atoms. The van der Waals surface area contributed by atoms with Gasteiger partial charge in [-0.25, -0.2) is 0 Å². The van der Waals surface area contributed by atoms with E-state index in [2.05, 4.69) is 19.2 Å². The smallest absolute Gasteiger partial charge is 0.115 e. The van der Waals surface area contributed by atoms with Gasteiger partial charge in [-0.05, 0) is 42.6 Å². The molecule has 4 N–H and O–H groups in total. The Morgan fingerprint density at radius 3 is 2.33 bits per heavy atom. The van der Waals surface area contributed by atoms with Crippen LogP contribution in [0.1, 0.15) is 13.8 Å². The van der Waals surface area contributed by atoms with E-state index in [4.69, 9.17) is 10.8 Å². The van der Waals surface area contributed by atoms with Gasteiger partial charge < -0.3 is 16.2 Å². The lowest BCUT2D eigenvalue weighted by atomic mass is 9.96. The molecule has 0 heterocycles. The van der Waals surface area contributed by atoms with Crippen LogP contribution in [0.2, 0.25) is 0 Å². The van der Waals surface area contributed by atoms with Gasteiger partial charge in [0, 0.05) is 12.2 Å². The van der Waals surface area contributed by atoms with E-state index < -0.39 is 0 Å². The van der Waals surface area contributed by atoms with Crippen molar-refractivity contribution in [3.05, 3.63) is 24.3 Å². The SMILES string of the molecule is CC(C)C(CN)CNc1ccc(O)cc1. The largest absolute Gasteiger partial charge is 0.508 e. The summed E-state index contributed by atoms with van der Waals surface area (Å²) in [6, 6.07) is 7.08. The fourth-order valence-corrected chi connectivity index (χ4v) is 1.42. The van der Waals surface area contributed by atoms with Crippen LogP contribution in [0.5, 0.6) is 5.75 Å². The average molecular weight is 208 g/mol. The van der Waals surface area contributed by atoms with Crippen LogP contribution in [0.15, 0.2) is 24.3 Å². The van der Waals surface area contributed by atoms with E-state index in [0.29, 0.717) is 24.1 Å². The lowest BCUT2D eigenvalue weighted by Gasteiger charge is -2.19. The summed E-state index contributed by atoms with van der Waals surface area (Å²) in [5, 5.41) is 12.4. The third-order valence-corrected chi connectivity index (χ3v) is 2.68. The van der Waals surface area contributed by atoms with Gasteiger partial charge in [-0.15, -0.1) is 0 Å². The molecule has 84 valence electrons. The van der Waals surface area contributed by atoms with E-state index in [-0.39, 0.29) is 0 Å². The molecule has 0 bridgehead atoms. The van der Waals surface area contributed by atoms with Gasteiger partial charge in [0.25, 0.3) is 0 Å². The maximum Gasteiger partial charge on any atom is 0.115 e. The van der Waals surface area contributed by atoms with Crippen molar-refractivity contribution in [2.24, 2.45) is 17.6 Å². The van der Waals surface area contributed by atoms with Crippen molar-refractivity contribution in [1.29, 1.82) is 0 Å². The Balaban J connectivity index is 2.45. The fourth-order valence-electron chi connectivity index (χ4n) is 1.42. The van der Waals surface area contributed by atoms with Gasteiger partial charge in [0.2, 0.25) is 0 Å². The highest BCUT2D eigenvalue weighted by Crippen LogP contribution is 2.15. The minimum absolute atomic E-state index is 0.291. The van der Waals surface area contributed by atoms with E-state index >= 15 is 0 Å². The molecule has 1 aromatic carbocycles. The normalized spacial score (nSPS) is 12.8. The van der Waals surface area contributed by atoms with Crippen molar-refractivity contribution in [3.8, 4) is 5.75 Å². The molecule has 0 aliphatic heterocycles. The molecule has 1 unspecified atom stereocenters. The second-order valence-corrected chi connectivity index (χ2v) is 4.17. The van der Waals surface area contributed by atoms with Crippen LogP contribution in [0.25, 0.3) is 0 Å². The summed E-state index contributed by atoms with van der Waals surface area (Å²) in [4.78, 5) is 0. The maximum atomic E-state index is 9.12. The van der Waals surface area contributed by atoms with Crippen LogP contribution in [0.4, 0.5) is 5.69 Å². The number of anilines is 1. The van der Waals surface area contributed by atoms with Gasteiger partial charge in [-0.2, -0.15) is 0 Å². The number of nitrogens with two attached hydrogens (primary N) is 1. The molecule has 0 fully saturated rings. The van der Waals surface area contributed by atoms with E-state index in [1.54, 1.807) is 12.1 Å². The van der Waals surface area contributed by atoms with Crippen LogP contribution in [0, 0.1) is 11.8 Å². The van der Waals surface area contributed by atoms with Crippen LogP contribution < -0.4 is 11.1 Å². The molecule has 0 saturated heterocycles. The van der Waals surface area contributed by atoms with Crippen LogP contribution in [-0.2, 0) is 0 Å². The number of aromatic hydroxyl groups is 1. The summed E-state index contributed by atoms with van der Waals surface area (Å²) in [5.41, 5.74) is 6.70. The molecule has 15 heavy (non-hydrogen) atoms. The third-order valence-electron chi connectivity index (χ3n) is 2.68. The Kier molecular flexibility index (Phi) is 4.43. The minimum atomic E-state index is 0.291. The topological polar surface area (TPSA) is 58.3 Å². The van der Waals surface area contributed by atoms with Crippen LogP contribution >= 0.6 is 0 Å². The summed E-state index contributed by atoms with van der Waals surface area (Å²) in [5.74, 6) is 1.36. The zero-order chi connectivity index (χ0) is 11.3. The molecular formula is C12H20N2O. The van der Waals surface area contributed by atoms with Gasteiger partial charge >= 0.3 is 0 Å². The summed E-state index contributed by atoms with van der Waals surface area (Å²) in [6.07, 6.45) is 0. The fraction of sp³-hybridized carbons (Fsp3) is 0.500. The summed E-state index contributed by atoms with van der Waals surface area (Å²) >= 11 is 0. The molecular weight excluding hydrogens is 188 g/mol. The van der Waals surface area contributed by atoms with Gasteiger partial charge in [0.1, 0.15) is 5.75 Å². The first-order valence-corrected chi connectivity index (χ1v) is 5.36. The monoisotopic (exact) mass is 208 g/mol. The number of nitrogens with one attached hydrogen (secondary N) is 1. The highest BCUT2D eigenvalue weighted by atomic mass is 16.3. The second-order valence-electron chi connectivity index (χ2n) is 4.17. The van der Waals surface area contributed by atoms with Crippen molar-refractivity contribution >= 4 is 5.69 Å². The predicted molar refractivity (Wildman–Crippen MR) is 64.0 cm³/mol. The highest BCUT2D eigenvalue weighted by Gasteiger charge is 2.10. The Labute approximate surface area is 91.3 Å². The molecule has 1 aromatic rings. The number of hydrogen-bond donors (Lipinski definition) is 3. The molecule has 1 rings (SSSR count). The molecule has 0 aliphatic carbocycles. The Bertz CT molecular complexity index is 282. The Morgan fingerprint density at radius 2 is 1.87 bits per heavy atom. The maximum absolute atomic E-state index is 9.12. The molecule has 0 amide bonds. The first-order chi connectivity index (χ1) is 7.13. The number of phenolic OH excluding ortho intramolecular Hbond substituents is 1. The number of benzene rings is 1. The van der Waals surface area contributed by atoms with Crippen LogP contribution in [-0.4, -0.2) is 18.2 Å². The van der Waals surface area contributed by atoms with Gasteiger partial charge in [0.15, 0.2) is 0 Å². The van der Waals surface area contributed by atoms with Gasteiger partial charge in [-0.1, -0.05) is 13.8 Å². The van der Waals surface area contributed by atoms with Gasteiger partial charge in [-0.3, -0.25) is 0 Å². The lowest BCUT2D eigenvalue weighted by molar-refractivity contribution is 0.413. The standard InChI is InChI=1S/C12H20N2O/c1-9(2)10(7-13)8-14-11-3-5-12(15)6-4-11/h3-6,9-10,14-15H,7-8,13H2,1-2H3. The quantitative estimate of drug-likeness (QED) is 0.649. The summed E-state index contributed by atoms with van der Waals surface area (Å²) in [7, 11) is 0. The molecule has 1 atom stereocenters. The number of rotatable bonds is 5. The number of hydrogen-bond acceptors (Lipinski definition) is 3. The van der Waals surface area contributed by atoms with Gasteiger partial charge in [0.05, 0.1) is 0 Å². The van der Waals surface area contributed by atoms with E-state index in [1.807, 2.05) is 12.1 Å². The molecule has 3 nitrogen and oxygen atoms in total. The molecule has 0 aromatic heterocycles. The number of phenols is 1.